The Morgan fingerprint density at radius 1 is 1.04 bits per heavy atom. The Morgan fingerprint density at radius 2 is 1.75 bits per heavy atom. The maximum absolute atomic E-state index is 12.4. The summed E-state index contributed by atoms with van der Waals surface area (Å²) in [7, 11) is 0. The summed E-state index contributed by atoms with van der Waals surface area (Å²) in [6.45, 7) is 14.0. The van der Waals surface area contributed by atoms with Gasteiger partial charge >= 0.3 is 6.03 Å². The van der Waals surface area contributed by atoms with Crippen molar-refractivity contribution in [3.63, 3.8) is 0 Å². The molecule has 0 aliphatic carbocycles. The molecule has 0 heterocycles. The first-order valence-corrected chi connectivity index (χ1v) is 8.12. The number of carbonyl (C=O) groups excluding carboxylic acids is 1. The Bertz CT molecular complexity index is 775. The van der Waals surface area contributed by atoms with Crippen molar-refractivity contribution in [3.8, 4) is 0 Å². The number of urea groups is 1. The number of allylic oxidation sites excluding steroid dienone is 1. The van der Waals surface area contributed by atoms with Crippen molar-refractivity contribution in [2.75, 3.05) is 5.32 Å². The molecule has 0 saturated carbocycles. The molecule has 0 aliphatic rings. The van der Waals surface area contributed by atoms with E-state index in [0.29, 0.717) is 0 Å². The van der Waals surface area contributed by atoms with Gasteiger partial charge in [0.15, 0.2) is 0 Å². The van der Waals surface area contributed by atoms with Crippen molar-refractivity contribution in [2.45, 2.75) is 40.2 Å². The summed E-state index contributed by atoms with van der Waals surface area (Å²) < 4.78 is 0. The van der Waals surface area contributed by atoms with Crippen molar-refractivity contribution >= 4 is 17.3 Å². The van der Waals surface area contributed by atoms with E-state index in [9.17, 15) is 4.79 Å². The number of hydrogen-bond acceptors (Lipinski definition) is 1. The Kier molecular flexibility index (Phi) is 5.13. The number of rotatable bonds is 4. The Balaban J connectivity index is 2.13. The highest BCUT2D eigenvalue weighted by Crippen LogP contribution is 2.24. The number of nitrogens with one attached hydrogen (secondary N) is 2. The molecule has 2 aromatic carbocycles. The molecular formula is C21H26N2O. The third kappa shape index (κ3) is 4.25. The predicted molar refractivity (Wildman–Crippen MR) is 102 cm³/mol. The predicted octanol–water partition coefficient (Wildman–Crippen LogP) is 5.39. The first kappa shape index (κ1) is 17.8. The van der Waals surface area contributed by atoms with Crippen LogP contribution >= 0.6 is 0 Å². The van der Waals surface area contributed by atoms with Crippen molar-refractivity contribution in [2.24, 2.45) is 0 Å². The summed E-state index contributed by atoms with van der Waals surface area (Å²) >= 11 is 0. The normalized spacial score (nSPS) is 11.0. The summed E-state index contributed by atoms with van der Waals surface area (Å²) in [5, 5.41) is 5.95. The van der Waals surface area contributed by atoms with Gasteiger partial charge in [0, 0.05) is 5.69 Å². The van der Waals surface area contributed by atoms with Gasteiger partial charge in [-0.1, -0.05) is 36.4 Å². The molecule has 0 spiro atoms. The van der Waals surface area contributed by atoms with Gasteiger partial charge in [0.25, 0.3) is 0 Å². The van der Waals surface area contributed by atoms with Gasteiger partial charge in [-0.05, 0) is 75.1 Å². The molecule has 0 unspecified atom stereocenters. The van der Waals surface area contributed by atoms with Crippen LogP contribution in [0.1, 0.15) is 43.0 Å². The fourth-order valence-electron chi connectivity index (χ4n) is 2.51. The second-order valence-electron chi connectivity index (χ2n) is 6.86. The average molecular weight is 322 g/mol. The Morgan fingerprint density at radius 3 is 2.38 bits per heavy atom. The molecular weight excluding hydrogens is 296 g/mol. The van der Waals surface area contributed by atoms with Crippen LogP contribution < -0.4 is 10.6 Å². The Hall–Kier alpha value is -2.55. The molecule has 2 N–H and O–H groups in total. The smallest absolute Gasteiger partial charge is 0.319 e. The first-order chi connectivity index (χ1) is 11.2. The summed E-state index contributed by atoms with van der Waals surface area (Å²) in [6, 6.07) is 13.8. The third-order valence-electron chi connectivity index (χ3n) is 4.27. The van der Waals surface area contributed by atoms with Gasteiger partial charge in [-0.25, -0.2) is 4.79 Å². The fraction of sp³-hybridized carbons (Fsp3) is 0.286. The van der Waals surface area contributed by atoms with Crippen LogP contribution in [0.2, 0.25) is 0 Å². The first-order valence-electron chi connectivity index (χ1n) is 8.12. The minimum atomic E-state index is -0.491. The van der Waals surface area contributed by atoms with Gasteiger partial charge < -0.3 is 10.6 Å². The minimum Gasteiger partial charge on any atom is -0.329 e. The molecule has 0 saturated heterocycles. The topological polar surface area (TPSA) is 41.1 Å². The largest absolute Gasteiger partial charge is 0.329 e. The molecule has 3 heteroatoms. The standard InChI is InChI=1S/C21H26N2O/c1-14(2)17-8-7-9-18(13-17)21(5,6)23-20(24)22-19-11-10-15(3)16(4)12-19/h7-13H,1H2,2-6H3,(H2,22,23,24). The summed E-state index contributed by atoms with van der Waals surface area (Å²) in [4.78, 5) is 12.4. The lowest BCUT2D eigenvalue weighted by Gasteiger charge is -2.27. The molecule has 24 heavy (non-hydrogen) atoms. The zero-order chi connectivity index (χ0) is 17.9. The summed E-state index contributed by atoms with van der Waals surface area (Å²) in [6.07, 6.45) is 0. The highest BCUT2D eigenvalue weighted by Gasteiger charge is 2.23. The van der Waals surface area contributed by atoms with Gasteiger partial charge in [0.1, 0.15) is 0 Å². The minimum absolute atomic E-state index is 0.219. The van der Waals surface area contributed by atoms with Crippen LogP contribution in [-0.4, -0.2) is 6.03 Å². The van der Waals surface area contributed by atoms with E-state index in [1.165, 1.54) is 5.56 Å². The van der Waals surface area contributed by atoms with Crippen molar-refractivity contribution in [1.29, 1.82) is 0 Å². The highest BCUT2D eigenvalue weighted by molar-refractivity contribution is 5.90. The summed E-state index contributed by atoms with van der Waals surface area (Å²) in [5.41, 5.74) is 5.79. The maximum atomic E-state index is 12.4. The lowest BCUT2D eigenvalue weighted by atomic mass is 9.92. The lowest BCUT2D eigenvalue weighted by Crippen LogP contribution is -2.43. The number of benzene rings is 2. The van der Waals surface area contributed by atoms with Crippen LogP contribution in [0, 0.1) is 13.8 Å². The lowest BCUT2D eigenvalue weighted by molar-refractivity contribution is 0.242. The van der Waals surface area contributed by atoms with Crippen LogP contribution in [0.15, 0.2) is 49.0 Å². The monoisotopic (exact) mass is 322 g/mol. The maximum Gasteiger partial charge on any atom is 0.319 e. The SMILES string of the molecule is C=C(C)c1cccc(C(C)(C)NC(=O)Nc2ccc(C)c(C)c2)c1. The molecule has 0 atom stereocenters. The van der Waals surface area contributed by atoms with Gasteiger partial charge in [-0.15, -0.1) is 0 Å². The molecule has 0 fully saturated rings. The van der Waals surface area contributed by atoms with E-state index in [0.717, 1.165) is 28.0 Å². The van der Waals surface area contributed by atoms with Gasteiger partial charge in [0.2, 0.25) is 0 Å². The average Bonchev–Trinajstić information content (AvgIpc) is 2.50. The molecule has 126 valence electrons. The zero-order valence-corrected chi connectivity index (χ0v) is 15.2. The zero-order valence-electron chi connectivity index (χ0n) is 15.2. The number of carbonyl (C=O) groups is 1. The molecule has 0 aromatic heterocycles. The molecule has 0 radical (unpaired) electrons. The fourth-order valence-corrected chi connectivity index (χ4v) is 2.51. The molecule has 3 nitrogen and oxygen atoms in total. The van der Waals surface area contributed by atoms with Crippen molar-refractivity contribution in [3.05, 3.63) is 71.3 Å². The van der Waals surface area contributed by atoms with Crippen LogP contribution in [0.5, 0.6) is 0 Å². The van der Waals surface area contributed by atoms with Crippen LogP contribution in [0.25, 0.3) is 5.57 Å². The number of aryl methyl sites for hydroxylation is 2. The number of hydrogen-bond donors (Lipinski definition) is 2. The van der Waals surface area contributed by atoms with E-state index in [1.54, 1.807) is 0 Å². The molecule has 0 aliphatic heterocycles. The van der Waals surface area contributed by atoms with E-state index < -0.39 is 5.54 Å². The van der Waals surface area contributed by atoms with E-state index in [2.05, 4.69) is 30.2 Å². The van der Waals surface area contributed by atoms with Gasteiger partial charge in [-0.3, -0.25) is 0 Å². The Labute approximate surface area is 144 Å². The molecule has 2 rings (SSSR count). The third-order valence-corrected chi connectivity index (χ3v) is 4.27. The second-order valence-corrected chi connectivity index (χ2v) is 6.86. The van der Waals surface area contributed by atoms with Gasteiger partial charge in [-0.2, -0.15) is 0 Å². The summed E-state index contributed by atoms with van der Waals surface area (Å²) in [5.74, 6) is 0. The van der Waals surface area contributed by atoms with Gasteiger partial charge in [0.05, 0.1) is 5.54 Å². The van der Waals surface area contributed by atoms with E-state index >= 15 is 0 Å². The van der Waals surface area contributed by atoms with Crippen molar-refractivity contribution in [1.82, 2.24) is 5.32 Å². The molecule has 2 amide bonds. The molecule has 0 bridgehead atoms. The number of anilines is 1. The van der Waals surface area contributed by atoms with Crippen LogP contribution in [0.4, 0.5) is 10.5 Å². The van der Waals surface area contributed by atoms with Crippen LogP contribution in [-0.2, 0) is 5.54 Å². The highest BCUT2D eigenvalue weighted by atomic mass is 16.2. The molecule has 2 aromatic rings. The van der Waals surface area contributed by atoms with E-state index in [-0.39, 0.29) is 6.03 Å². The van der Waals surface area contributed by atoms with Crippen molar-refractivity contribution < 1.29 is 4.79 Å². The van der Waals surface area contributed by atoms with E-state index in [4.69, 9.17) is 0 Å². The quantitative estimate of drug-likeness (QED) is 0.778. The number of amides is 2. The van der Waals surface area contributed by atoms with Crippen LogP contribution in [0.3, 0.4) is 0 Å². The van der Waals surface area contributed by atoms with E-state index in [1.807, 2.05) is 64.1 Å². The second kappa shape index (κ2) is 6.91.